The molecular weight excluding hydrogens is 340 g/mol. The van der Waals surface area contributed by atoms with E-state index in [1.807, 2.05) is 30.3 Å². The van der Waals surface area contributed by atoms with Crippen LogP contribution >= 0.6 is 0 Å². The standard InChI is InChI=1S/C22H24N2O3/c1-13(2)15-7-9-17(10-8-15)24-19(16-6-5-11-23-12-16)18(20(25)14(3)4)21(26)22(24)27/h5-14,19,26H,1-4H3. The van der Waals surface area contributed by atoms with Crippen LogP contribution in [0.25, 0.3) is 0 Å². The van der Waals surface area contributed by atoms with E-state index >= 15 is 0 Å². The summed E-state index contributed by atoms with van der Waals surface area (Å²) in [5.41, 5.74) is 2.61. The van der Waals surface area contributed by atoms with Crippen molar-refractivity contribution in [3.63, 3.8) is 0 Å². The molecule has 1 N–H and O–H groups in total. The van der Waals surface area contributed by atoms with Crippen LogP contribution in [0.2, 0.25) is 0 Å². The van der Waals surface area contributed by atoms with Gasteiger partial charge in [-0.05, 0) is 35.2 Å². The highest BCUT2D eigenvalue weighted by Gasteiger charge is 2.44. The molecule has 1 unspecified atom stereocenters. The van der Waals surface area contributed by atoms with Crippen LogP contribution in [0.3, 0.4) is 0 Å². The molecule has 27 heavy (non-hydrogen) atoms. The Morgan fingerprint density at radius 2 is 1.78 bits per heavy atom. The van der Waals surface area contributed by atoms with Crippen molar-refractivity contribution in [2.24, 2.45) is 5.92 Å². The van der Waals surface area contributed by atoms with Crippen LogP contribution in [-0.4, -0.2) is 21.8 Å². The maximum absolute atomic E-state index is 12.9. The van der Waals surface area contributed by atoms with Gasteiger partial charge in [0.05, 0.1) is 11.6 Å². The summed E-state index contributed by atoms with van der Waals surface area (Å²) in [6, 6.07) is 10.5. The topological polar surface area (TPSA) is 70.5 Å². The molecule has 3 rings (SSSR count). The largest absolute Gasteiger partial charge is 0.503 e. The van der Waals surface area contributed by atoms with Crippen molar-refractivity contribution in [2.75, 3.05) is 4.90 Å². The lowest BCUT2D eigenvalue weighted by molar-refractivity contribution is -0.119. The predicted octanol–water partition coefficient (Wildman–Crippen LogP) is 4.33. The molecule has 0 saturated carbocycles. The van der Waals surface area contributed by atoms with Gasteiger partial charge in [0.2, 0.25) is 0 Å². The first-order chi connectivity index (χ1) is 12.8. The smallest absolute Gasteiger partial charge is 0.294 e. The number of anilines is 1. The number of carbonyl (C=O) groups is 2. The van der Waals surface area contributed by atoms with E-state index in [2.05, 4.69) is 18.8 Å². The van der Waals surface area contributed by atoms with E-state index in [4.69, 9.17) is 0 Å². The van der Waals surface area contributed by atoms with E-state index in [9.17, 15) is 14.7 Å². The number of hydrogen-bond acceptors (Lipinski definition) is 4. The molecule has 5 heteroatoms. The first kappa shape index (κ1) is 18.8. The van der Waals surface area contributed by atoms with Crippen molar-refractivity contribution in [1.29, 1.82) is 0 Å². The summed E-state index contributed by atoms with van der Waals surface area (Å²) in [4.78, 5) is 31.3. The Kier molecular flexibility index (Phi) is 5.13. The van der Waals surface area contributed by atoms with E-state index in [1.54, 1.807) is 32.3 Å². The fraction of sp³-hybridized carbons (Fsp3) is 0.318. The maximum atomic E-state index is 12.9. The third-order valence-electron chi connectivity index (χ3n) is 4.84. The second-order valence-corrected chi connectivity index (χ2v) is 7.39. The third-order valence-corrected chi connectivity index (χ3v) is 4.84. The van der Waals surface area contributed by atoms with E-state index in [-0.39, 0.29) is 17.3 Å². The average molecular weight is 364 g/mol. The normalized spacial score (nSPS) is 17.3. The molecule has 2 heterocycles. The van der Waals surface area contributed by atoms with Gasteiger partial charge < -0.3 is 5.11 Å². The number of aliphatic hydroxyl groups is 1. The molecule has 1 atom stereocenters. The maximum Gasteiger partial charge on any atom is 0.294 e. The first-order valence-electron chi connectivity index (χ1n) is 9.13. The van der Waals surface area contributed by atoms with Gasteiger partial charge in [-0.1, -0.05) is 45.9 Å². The Hall–Kier alpha value is -2.95. The van der Waals surface area contributed by atoms with Gasteiger partial charge in [0.25, 0.3) is 5.91 Å². The highest BCUT2D eigenvalue weighted by atomic mass is 16.3. The Bertz CT molecular complexity index is 884. The molecule has 1 amide bonds. The minimum absolute atomic E-state index is 0.135. The molecule has 140 valence electrons. The summed E-state index contributed by atoms with van der Waals surface area (Å²) in [6.45, 7) is 7.71. The molecule has 0 radical (unpaired) electrons. The van der Waals surface area contributed by atoms with Crippen LogP contribution in [0, 0.1) is 5.92 Å². The minimum atomic E-state index is -0.689. The SMILES string of the molecule is CC(C)C(=O)C1=C(O)C(=O)N(c2ccc(C(C)C)cc2)C1c1cccnc1. The molecule has 2 aromatic rings. The van der Waals surface area contributed by atoms with E-state index in [0.29, 0.717) is 17.2 Å². The lowest BCUT2D eigenvalue weighted by Crippen LogP contribution is -2.31. The minimum Gasteiger partial charge on any atom is -0.503 e. The van der Waals surface area contributed by atoms with Gasteiger partial charge in [-0.15, -0.1) is 0 Å². The number of aliphatic hydroxyl groups excluding tert-OH is 1. The van der Waals surface area contributed by atoms with E-state index < -0.39 is 17.7 Å². The highest BCUT2D eigenvalue weighted by molar-refractivity contribution is 6.16. The van der Waals surface area contributed by atoms with Gasteiger partial charge in [-0.25, -0.2) is 0 Å². The quantitative estimate of drug-likeness (QED) is 0.857. The molecule has 1 aliphatic heterocycles. The number of amides is 1. The monoisotopic (exact) mass is 364 g/mol. The van der Waals surface area contributed by atoms with Gasteiger partial charge in [0.1, 0.15) is 0 Å². The number of aromatic nitrogens is 1. The fourth-order valence-corrected chi connectivity index (χ4v) is 3.31. The van der Waals surface area contributed by atoms with Crippen molar-refractivity contribution in [3.8, 4) is 0 Å². The molecule has 1 aliphatic rings. The van der Waals surface area contributed by atoms with Crippen molar-refractivity contribution < 1.29 is 14.7 Å². The Labute approximate surface area is 159 Å². The zero-order chi connectivity index (χ0) is 19.7. The highest BCUT2D eigenvalue weighted by Crippen LogP contribution is 2.41. The van der Waals surface area contributed by atoms with Crippen LogP contribution in [0.5, 0.6) is 0 Å². The molecular formula is C22H24N2O3. The molecule has 5 nitrogen and oxygen atoms in total. The number of hydrogen-bond donors (Lipinski definition) is 1. The van der Waals surface area contributed by atoms with Gasteiger partial charge in [-0.3, -0.25) is 19.5 Å². The van der Waals surface area contributed by atoms with Crippen molar-refractivity contribution in [3.05, 3.63) is 71.3 Å². The van der Waals surface area contributed by atoms with Crippen LogP contribution in [0.15, 0.2) is 60.1 Å². The summed E-state index contributed by atoms with van der Waals surface area (Å²) >= 11 is 0. The summed E-state index contributed by atoms with van der Waals surface area (Å²) in [7, 11) is 0. The Balaban J connectivity index is 2.12. The number of ketones is 1. The van der Waals surface area contributed by atoms with Gasteiger partial charge in [-0.2, -0.15) is 0 Å². The first-order valence-corrected chi connectivity index (χ1v) is 9.13. The van der Waals surface area contributed by atoms with Crippen LogP contribution in [0.1, 0.15) is 50.8 Å². The molecule has 0 aliphatic carbocycles. The predicted molar refractivity (Wildman–Crippen MR) is 104 cm³/mol. The van der Waals surface area contributed by atoms with Gasteiger partial charge >= 0.3 is 0 Å². The number of pyridine rings is 1. The fourth-order valence-electron chi connectivity index (χ4n) is 3.31. The van der Waals surface area contributed by atoms with Crippen LogP contribution in [0.4, 0.5) is 5.69 Å². The Morgan fingerprint density at radius 1 is 1.11 bits per heavy atom. The van der Waals surface area contributed by atoms with Crippen LogP contribution < -0.4 is 4.90 Å². The molecule has 1 aromatic carbocycles. The molecule has 0 saturated heterocycles. The number of benzene rings is 1. The number of rotatable bonds is 5. The molecule has 0 fully saturated rings. The Morgan fingerprint density at radius 3 is 2.30 bits per heavy atom. The lowest BCUT2D eigenvalue weighted by atomic mass is 9.92. The number of carbonyl (C=O) groups excluding carboxylic acids is 2. The zero-order valence-corrected chi connectivity index (χ0v) is 16.0. The third kappa shape index (κ3) is 3.37. The number of Topliss-reactive ketones (excluding diaryl/α,β-unsaturated/α-hetero) is 1. The van der Waals surface area contributed by atoms with Gasteiger partial charge in [0, 0.05) is 24.0 Å². The average Bonchev–Trinajstić information content (AvgIpc) is 2.93. The van der Waals surface area contributed by atoms with Crippen LogP contribution in [-0.2, 0) is 9.59 Å². The van der Waals surface area contributed by atoms with E-state index in [1.165, 1.54) is 4.90 Å². The summed E-state index contributed by atoms with van der Waals surface area (Å²) in [5, 5.41) is 10.5. The second-order valence-electron chi connectivity index (χ2n) is 7.39. The summed E-state index contributed by atoms with van der Waals surface area (Å²) < 4.78 is 0. The molecule has 0 spiro atoms. The van der Waals surface area contributed by atoms with E-state index in [0.717, 1.165) is 5.56 Å². The zero-order valence-electron chi connectivity index (χ0n) is 16.0. The molecule has 1 aromatic heterocycles. The van der Waals surface area contributed by atoms with Gasteiger partial charge in [0.15, 0.2) is 11.5 Å². The summed E-state index contributed by atoms with van der Waals surface area (Å²) in [5.74, 6) is -1.25. The number of nitrogens with zero attached hydrogens (tertiary/aromatic N) is 2. The second kappa shape index (κ2) is 7.35. The lowest BCUT2D eigenvalue weighted by Gasteiger charge is -2.27. The van der Waals surface area contributed by atoms with Crippen molar-refractivity contribution >= 4 is 17.4 Å². The molecule has 0 bridgehead atoms. The summed E-state index contributed by atoms with van der Waals surface area (Å²) in [6.07, 6.45) is 3.26. The van der Waals surface area contributed by atoms with Crippen molar-refractivity contribution in [1.82, 2.24) is 4.98 Å². The van der Waals surface area contributed by atoms with Crippen molar-refractivity contribution in [2.45, 2.75) is 39.7 Å².